The Labute approximate surface area is 237 Å². The van der Waals surface area contributed by atoms with Crippen molar-refractivity contribution in [2.75, 3.05) is 26.8 Å². The molecule has 1 fully saturated rings. The van der Waals surface area contributed by atoms with E-state index >= 15 is 0 Å². The van der Waals surface area contributed by atoms with Crippen LogP contribution in [0, 0.1) is 11.8 Å². The van der Waals surface area contributed by atoms with Crippen molar-refractivity contribution in [3.8, 4) is 27.6 Å². The largest absolute Gasteiger partial charge is 0.492 e. The third-order valence-electron chi connectivity index (χ3n) is 7.27. The normalized spacial score (nSPS) is 16.7. The molecule has 0 saturated carbocycles. The Bertz CT molecular complexity index is 1480. The molecule has 10 heteroatoms. The molecule has 1 amide bonds. The highest BCUT2D eigenvalue weighted by Gasteiger charge is 2.35. The van der Waals surface area contributed by atoms with Gasteiger partial charge in [-0.25, -0.2) is 14.6 Å². The molecule has 0 aliphatic carbocycles. The van der Waals surface area contributed by atoms with Gasteiger partial charge in [0.2, 0.25) is 0 Å². The number of rotatable bonds is 6. The van der Waals surface area contributed by atoms with Crippen molar-refractivity contribution in [1.29, 1.82) is 0 Å². The number of methoxy groups -OCH3 is 1. The smallest absolute Gasteiger partial charge is 0.410 e. The van der Waals surface area contributed by atoms with Gasteiger partial charge in [-0.2, -0.15) is 0 Å². The van der Waals surface area contributed by atoms with Crippen LogP contribution in [-0.2, 0) is 15.9 Å². The molecule has 0 bridgehead atoms. The molecule has 5 rings (SSSR count). The second kappa shape index (κ2) is 10.7. The fourth-order valence-electron chi connectivity index (χ4n) is 5.21. The topological polar surface area (TPSA) is 100.0 Å². The lowest BCUT2D eigenvalue weighted by Crippen LogP contribution is -2.53. The van der Waals surface area contributed by atoms with Crippen LogP contribution in [0.4, 0.5) is 4.79 Å². The zero-order valence-corrected chi connectivity index (χ0v) is 24.5. The standard InChI is InChI=1S/C30H35N3O6S/c1-17(2)23-9-19-10-26(38-16-18-13-32(14-18)29(36)39-30(3,4)5)21(27-31-7-8-40-27)11-20(19)24-12-25(34)22(15-33(23)24)28(35)37-6/h7-8,10-12,15,17-18,23H,9,13-14,16H2,1-6H3. The average Bonchev–Trinajstić information content (AvgIpc) is 3.39. The highest BCUT2D eigenvalue weighted by atomic mass is 32.1. The summed E-state index contributed by atoms with van der Waals surface area (Å²) in [7, 11) is 1.28. The van der Waals surface area contributed by atoms with Gasteiger partial charge < -0.3 is 23.7 Å². The first-order valence-corrected chi connectivity index (χ1v) is 14.4. The number of esters is 1. The number of amides is 1. The number of aromatic nitrogens is 2. The van der Waals surface area contributed by atoms with E-state index in [4.69, 9.17) is 14.2 Å². The fourth-order valence-corrected chi connectivity index (χ4v) is 5.87. The number of benzene rings is 1. The maximum atomic E-state index is 12.9. The van der Waals surface area contributed by atoms with E-state index in [-0.39, 0.29) is 35.0 Å². The lowest BCUT2D eigenvalue weighted by Gasteiger charge is -2.39. The van der Waals surface area contributed by atoms with Crippen molar-refractivity contribution >= 4 is 23.4 Å². The van der Waals surface area contributed by atoms with E-state index in [0.717, 1.165) is 33.1 Å². The van der Waals surface area contributed by atoms with E-state index < -0.39 is 11.6 Å². The first-order valence-electron chi connectivity index (χ1n) is 13.5. The summed E-state index contributed by atoms with van der Waals surface area (Å²) in [5.41, 5.74) is 2.73. The summed E-state index contributed by atoms with van der Waals surface area (Å²) in [6.45, 7) is 11.5. The van der Waals surface area contributed by atoms with Crippen LogP contribution in [0.25, 0.3) is 21.8 Å². The molecule has 2 aliphatic heterocycles. The quantitative estimate of drug-likeness (QED) is 0.368. The number of fused-ring (bicyclic) bond motifs is 3. The fraction of sp³-hybridized carbons (Fsp3) is 0.467. The Kier molecular flexibility index (Phi) is 7.48. The summed E-state index contributed by atoms with van der Waals surface area (Å²) in [5, 5.41) is 2.73. The summed E-state index contributed by atoms with van der Waals surface area (Å²) >= 11 is 1.51. The van der Waals surface area contributed by atoms with Crippen LogP contribution in [0.2, 0.25) is 0 Å². The van der Waals surface area contributed by atoms with E-state index in [1.165, 1.54) is 24.5 Å². The summed E-state index contributed by atoms with van der Waals surface area (Å²) in [6.07, 6.45) is 3.81. The predicted molar refractivity (Wildman–Crippen MR) is 153 cm³/mol. The van der Waals surface area contributed by atoms with Crippen LogP contribution in [0.5, 0.6) is 5.75 Å². The van der Waals surface area contributed by atoms with Gasteiger partial charge in [0.25, 0.3) is 0 Å². The van der Waals surface area contributed by atoms with Gasteiger partial charge >= 0.3 is 12.1 Å². The van der Waals surface area contributed by atoms with Crippen LogP contribution in [0.3, 0.4) is 0 Å². The van der Waals surface area contributed by atoms with Gasteiger partial charge in [-0.1, -0.05) is 13.8 Å². The highest BCUT2D eigenvalue weighted by Crippen LogP contribution is 2.43. The molecule has 0 radical (unpaired) electrons. The van der Waals surface area contributed by atoms with E-state index in [9.17, 15) is 14.4 Å². The number of carbonyl (C=O) groups excluding carboxylic acids is 2. The first kappa shape index (κ1) is 27.9. The van der Waals surface area contributed by atoms with Crippen molar-refractivity contribution in [2.45, 2.75) is 52.7 Å². The van der Waals surface area contributed by atoms with Gasteiger partial charge in [0.15, 0.2) is 5.43 Å². The van der Waals surface area contributed by atoms with E-state index in [1.807, 2.05) is 36.8 Å². The minimum Gasteiger partial charge on any atom is -0.492 e. The number of hydrogen-bond acceptors (Lipinski definition) is 8. The Morgan fingerprint density at radius 3 is 2.52 bits per heavy atom. The lowest BCUT2D eigenvalue weighted by molar-refractivity contribution is -0.00779. The highest BCUT2D eigenvalue weighted by molar-refractivity contribution is 7.13. The Hall–Kier alpha value is -3.66. The molecule has 2 aromatic heterocycles. The van der Waals surface area contributed by atoms with Crippen molar-refractivity contribution in [2.24, 2.45) is 11.8 Å². The maximum Gasteiger partial charge on any atom is 0.410 e. The van der Waals surface area contributed by atoms with Crippen LogP contribution in [-0.4, -0.2) is 58.9 Å². The number of nitrogens with zero attached hydrogens (tertiary/aromatic N) is 3. The summed E-state index contributed by atoms with van der Waals surface area (Å²) in [5.74, 6) is 0.542. The van der Waals surface area contributed by atoms with Gasteiger partial charge in [0, 0.05) is 54.5 Å². The van der Waals surface area contributed by atoms with Gasteiger partial charge in [-0.15, -0.1) is 11.3 Å². The molecular weight excluding hydrogens is 530 g/mol. The van der Waals surface area contributed by atoms with Gasteiger partial charge in [-0.05, 0) is 50.8 Å². The molecule has 4 heterocycles. The van der Waals surface area contributed by atoms with Crippen LogP contribution < -0.4 is 10.2 Å². The van der Waals surface area contributed by atoms with E-state index in [2.05, 4.69) is 24.9 Å². The molecule has 9 nitrogen and oxygen atoms in total. The molecule has 1 unspecified atom stereocenters. The first-order chi connectivity index (χ1) is 18.9. The maximum absolute atomic E-state index is 12.9. The molecular formula is C30H35N3O6S. The minimum absolute atomic E-state index is 0.0291. The predicted octanol–water partition coefficient (Wildman–Crippen LogP) is 5.42. The summed E-state index contributed by atoms with van der Waals surface area (Å²) in [6, 6.07) is 5.68. The number of carbonyl (C=O) groups is 2. The number of hydrogen-bond donors (Lipinski definition) is 0. The number of likely N-dealkylation sites (tertiary alicyclic amines) is 1. The van der Waals surface area contributed by atoms with Crippen molar-refractivity contribution in [1.82, 2.24) is 14.5 Å². The molecule has 0 N–H and O–H groups in total. The molecule has 1 saturated heterocycles. The monoisotopic (exact) mass is 565 g/mol. The number of pyridine rings is 1. The van der Waals surface area contributed by atoms with Gasteiger partial charge in [-0.3, -0.25) is 4.79 Å². The second-order valence-electron chi connectivity index (χ2n) is 11.8. The summed E-state index contributed by atoms with van der Waals surface area (Å²) < 4.78 is 18.7. The molecule has 212 valence electrons. The van der Waals surface area contributed by atoms with E-state index in [0.29, 0.717) is 26.1 Å². The Morgan fingerprint density at radius 1 is 1.15 bits per heavy atom. The third kappa shape index (κ3) is 5.50. The molecule has 40 heavy (non-hydrogen) atoms. The lowest BCUT2D eigenvalue weighted by atomic mass is 9.86. The molecule has 3 aromatic rings. The van der Waals surface area contributed by atoms with Gasteiger partial charge in [0.1, 0.15) is 21.9 Å². The molecule has 1 atom stereocenters. The van der Waals surface area contributed by atoms with Crippen molar-refractivity contribution < 1.29 is 23.8 Å². The molecule has 1 aromatic carbocycles. The average molecular weight is 566 g/mol. The Morgan fingerprint density at radius 2 is 1.90 bits per heavy atom. The van der Waals surface area contributed by atoms with Crippen LogP contribution in [0.15, 0.2) is 40.8 Å². The zero-order chi connectivity index (χ0) is 28.8. The van der Waals surface area contributed by atoms with Crippen molar-refractivity contribution in [3.05, 3.63) is 57.3 Å². The van der Waals surface area contributed by atoms with E-state index in [1.54, 1.807) is 17.3 Å². The molecule has 0 spiro atoms. The zero-order valence-electron chi connectivity index (χ0n) is 23.7. The van der Waals surface area contributed by atoms with Crippen molar-refractivity contribution in [3.63, 3.8) is 0 Å². The Balaban J connectivity index is 1.46. The number of thiazole rings is 1. The third-order valence-corrected chi connectivity index (χ3v) is 8.07. The van der Waals surface area contributed by atoms with Crippen LogP contribution in [0.1, 0.15) is 56.6 Å². The summed E-state index contributed by atoms with van der Waals surface area (Å²) in [4.78, 5) is 43.8. The second-order valence-corrected chi connectivity index (χ2v) is 12.7. The molecule has 2 aliphatic rings. The minimum atomic E-state index is -0.637. The number of ether oxygens (including phenoxy) is 3. The van der Waals surface area contributed by atoms with Crippen LogP contribution >= 0.6 is 11.3 Å². The van der Waals surface area contributed by atoms with Gasteiger partial charge in [0.05, 0.1) is 25.0 Å². The SMILES string of the molecule is COC(=O)c1cn2c(cc1=O)-c1cc(-c3nccs3)c(OCC3CN(C(=O)OC(C)(C)C)C3)cc1CC2C(C)C.